The van der Waals surface area contributed by atoms with Crippen LogP contribution < -0.4 is 10.1 Å². The smallest absolute Gasteiger partial charge is 0.232 e. The Balaban J connectivity index is 1.98. The molecule has 0 aliphatic carbocycles. The molecule has 0 bridgehead atoms. The lowest BCUT2D eigenvalue weighted by molar-refractivity contribution is 0.138. The Morgan fingerprint density at radius 1 is 1.65 bits per heavy atom. The summed E-state index contributed by atoms with van der Waals surface area (Å²) in [6.07, 6.45) is 2.77. The summed E-state index contributed by atoms with van der Waals surface area (Å²) in [6.45, 7) is 5.13. The minimum atomic E-state index is 0.0830. The molecule has 4 nitrogen and oxygen atoms in total. The summed E-state index contributed by atoms with van der Waals surface area (Å²) in [7, 11) is 0. The SMILES string of the molecule is CCNCc1cnc(OC2CCOC2)c(Cl)c1. The second-order valence-electron chi connectivity index (χ2n) is 4.01. The molecule has 2 rings (SSSR count). The van der Waals surface area contributed by atoms with E-state index in [0.29, 0.717) is 17.5 Å². The standard InChI is InChI=1S/C12H17ClN2O2/c1-2-14-6-9-5-11(13)12(15-7-9)17-10-3-4-16-8-10/h5,7,10,14H,2-4,6,8H2,1H3. The predicted octanol–water partition coefficient (Wildman–Crippen LogP) is 2.01. The molecule has 5 heteroatoms. The van der Waals surface area contributed by atoms with Crippen LogP contribution in [-0.2, 0) is 11.3 Å². The molecule has 1 aromatic heterocycles. The molecule has 0 aromatic carbocycles. The van der Waals surface area contributed by atoms with Gasteiger partial charge in [-0.05, 0) is 18.2 Å². The molecule has 0 amide bonds. The van der Waals surface area contributed by atoms with Gasteiger partial charge >= 0.3 is 0 Å². The first-order chi connectivity index (χ1) is 8.29. The van der Waals surface area contributed by atoms with Gasteiger partial charge in [0.1, 0.15) is 11.1 Å². The van der Waals surface area contributed by atoms with Crippen LogP contribution in [0.4, 0.5) is 0 Å². The van der Waals surface area contributed by atoms with Crippen molar-refractivity contribution in [1.82, 2.24) is 10.3 Å². The maximum atomic E-state index is 6.13. The summed E-state index contributed by atoms with van der Waals surface area (Å²) in [6, 6.07) is 1.89. The minimum Gasteiger partial charge on any atom is -0.471 e. The second kappa shape index (κ2) is 6.19. The van der Waals surface area contributed by atoms with Crippen molar-refractivity contribution in [3.63, 3.8) is 0 Å². The summed E-state index contributed by atoms with van der Waals surface area (Å²) in [5.41, 5.74) is 1.06. The van der Waals surface area contributed by atoms with Gasteiger partial charge in [-0.1, -0.05) is 18.5 Å². The Morgan fingerprint density at radius 2 is 2.53 bits per heavy atom. The third-order valence-corrected chi connectivity index (χ3v) is 2.88. The molecule has 1 atom stereocenters. The van der Waals surface area contributed by atoms with E-state index in [-0.39, 0.29) is 6.10 Å². The Bertz CT molecular complexity index is 368. The van der Waals surface area contributed by atoms with Crippen molar-refractivity contribution >= 4 is 11.6 Å². The lowest BCUT2D eigenvalue weighted by atomic mass is 10.3. The van der Waals surface area contributed by atoms with Gasteiger partial charge in [0.2, 0.25) is 5.88 Å². The molecule has 1 N–H and O–H groups in total. The minimum absolute atomic E-state index is 0.0830. The highest BCUT2D eigenvalue weighted by molar-refractivity contribution is 6.31. The number of rotatable bonds is 5. The van der Waals surface area contributed by atoms with Crippen LogP contribution >= 0.6 is 11.6 Å². The van der Waals surface area contributed by atoms with Crippen LogP contribution in [0.2, 0.25) is 5.02 Å². The highest BCUT2D eigenvalue weighted by atomic mass is 35.5. The number of halogens is 1. The number of hydrogen-bond donors (Lipinski definition) is 1. The molecular weight excluding hydrogens is 240 g/mol. The third-order valence-electron chi connectivity index (χ3n) is 2.61. The molecule has 2 heterocycles. The Hall–Kier alpha value is -0.840. The molecule has 94 valence electrons. The van der Waals surface area contributed by atoms with Crippen molar-refractivity contribution < 1.29 is 9.47 Å². The van der Waals surface area contributed by atoms with Crippen molar-refractivity contribution in [2.45, 2.75) is 26.0 Å². The summed E-state index contributed by atoms with van der Waals surface area (Å²) in [4.78, 5) is 4.24. The molecule has 1 aliphatic heterocycles. The van der Waals surface area contributed by atoms with Crippen molar-refractivity contribution in [2.75, 3.05) is 19.8 Å². The Labute approximate surface area is 106 Å². The van der Waals surface area contributed by atoms with Gasteiger partial charge in [-0.2, -0.15) is 0 Å². The highest BCUT2D eigenvalue weighted by Gasteiger charge is 2.19. The third kappa shape index (κ3) is 3.56. The number of ether oxygens (including phenoxy) is 2. The maximum Gasteiger partial charge on any atom is 0.232 e. The van der Waals surface area contributed by atoms with Crippen molar-refractivity contribution in [3.05, 3.63) is 22.8 Å². The molecular formula is C12H17ClN2O2. The normalized spacial score (nSPS) is 19.5. The van der Waals surface area contributed by atoms with Crippen LogP contribution in [0.15, 0.2) is 12.3 Å². The maximum absolute atomic E-state index is 6.13. The van der Waals surface area contributed by atoms with E-state index in [2.05, 4.69) is 17.2 Å². The van der Waals surface area contributed by atoms with Gasteiger partial charge in [-0.15, -0.1) is 0 Å². The number of aromatic nitrogens is 1. The van der Waals surface area contributed by atoms with Crippen molar-refractivity contribution in [1.29, 1.82) is 0 Å². The van der Waals surface area contributed by atoms with Gasteiger partial charge in [0.15, 0.2) is 0 Å². The average Bonchev–Trinajstić information content (AvgIpc) is 2.82. The topological polar surface area (TPSA) is 43.4 Å². The molecule has 17 heavy (non-hydrogen) atoms. The highest BCUT2D eigenvalue weighted by Crippen LogP contribution is 2.24. The quantitative estimate of drug-likeness (QED) is 0.875. The van der Waals surface area contributed by atoms with Gasteiger partial charge in [0.25, 0.3) is 0 Å². The van der Waals surface area contributed by atoms with Crippen LogP contribution in [0.25, 0.3) is 0 Å². The van der Waals surface area contributed by atoms with E-state index in [1.165, 1.54) is 0 Å². The van der Waals surface area contributed by atoms with E-state index in [0.717, 1.165) is 31.7 Å². The Kier molecular flexibility index (Phi) is 4.59. The molecule has 0 saturated carbocycles. The fourth-order valence-electron chi connectivity index (χ4n) is 1.68. The lowest BCUT2D eigenvalue weighted by Crippen LogP contribution is -2.17. The lowest BCUT2D eigenvalue weighted by Gasteiger charge is -2.12. The van der Waals surface area contributed by atoms with Crippen molar-refractivity contribution in [3.8, 4) is 5.88 Å². The van der Waals surface area contributed by atoms with E-state index in [1.54, 1.807) is 6.20 Å². The van der Waals surface area contributed by atoms with Crippen LogP contribution in [0.1, 0.15) is 18.9 Å². The van der Waals surface area contributed by atoms with Gasteiger partial charge in [0, 0.05) is 19.2 Å². The number of pyridine rings is 1. The first kappa shape index (κ1) is 12.6. The number of hydrogen-bond acceptors (Lipinski definition) is 4. The zero-order valence-electron chi connectivity index (χ0n) is 9.91. The van der Waals surface area contributed by atoms with Crippen LogP contribution in [-0.4, -0.2) is 30.8 Å². The molecule has 1 aliphatic rings. The largest absolute Gasteiger partial charge is 0.471 e. The van der Waals surface area contributed by atoms with E-state index in [1.807, 2.05) is 6.07 Å². The summed E-state index contributed by atoms with van der Waals surface area (Å²) >= 11 is 6.13. The molecule has 1 fully saturated rings. The predicted molar refractivity (Wildman–Crippen MR) is 66.5 cm³/mol. The zero-order valence-corrected chi connectivity index (χ0v) is 10.7. The first-order valence-electron chi connectivity index (χ1n) is 5.89. The fraction of sp³-hybridized carbons (Fsp3) is 0.583. The van der Waals surface area contributed by atoms with Crippen LogP contribution in [0, 0.1) is 0 Å². The van der Waals surface area contributed by atoms with E-state index < -0.39 is 0 Å². The van der Waals surface area contributed by atoms with Gasteiger partial charge in [0.05, 0.1) is 13.2 Å². The molecule has 1 saturated heterocycles. The molecule has 1 unspecified atom stereocenters. The average molecular weight is 257 g/mol. The fourth-order valence-corrected chi connectivity index (χ4v) is 1.91. The molecule has 1 aromatic rings. The van der Waals surface area contributed by atoms with E-state index in [4.69, 9.17) is 21.1 Å². The zero-order chi connectivity index (χ0) is 12.1. The second-order valence-corrected chi connectivity index (χ2v) is 4.42. The van der Waals surface area contributed by atoms with Gasteiger partial charge in [-0.25, -0.2) is 4.98 Å². The summed E-state index contributed by atoms with van der Waals surface area (Å²) < 4.78 is 10.9. The van der Waals surface area contributed by atoms with Crippen LogP contribution in [0.3, 0.4) is 0 Å². The monoisotopic (exact) mass is 256 g/mol. The summed E-state index contributed by atoms with van der Waals surface area (Å²) in [5, 5.41) is 3.79. The number of nitrogens with zero attached hydrogens (tertiary/aromatic N) is 1. The summed E-state index contributed by atoms with van der Waals surface area (Å²) in [5.74, 6) is 0.502. The van der Waals surface area contributed by atoms with Crippen LogP contribution in [0.5, 0.6) is 5.88 Å². The Morgan fingerprint density at radius 3 is 3.18 bits per heavy atom. The van der Waals surface area contributed by atoms with Gasteiger partial charge < -0.3 is 14.8 Å². The first-order valence-corrected chi connectivity index (χ1v) is 6.27. The molecule has 0 spiro atoms. The van der Waals surface area contributed by atoms with Gasteiger partial charge in [-0.3, -0.25) is 0 Å². The molecule has 0 radical (unpaired) electrons. The van der Waals surface area contributed by atoms with E-state index in [9.17, 15) is 0 Å². The van der Waals surface area contributed by atoms with E-state index >= 15 is 0 Å². The van der Waals surface area contributed by atoms with Crippen molar-refractivity contribution in [2.24, 2.45) is 0 Å². The number of nitrogens with one attached hydrogen (secondary N) is 1.